The smallest absolute Gasteiger partial charge is 0.333 e. The lowest BCUT2D eigenvalue weighted by atomic mass is 9.87. The average Bonchev–Trinajstić information content (AvgIpc) is 2.52. The summed E-state index contributed by atoms with van der Waals surface area (Å²) in [7, 11) is 3.89. The highest BCUT2D eigenvalue weighted by Gasteiger charge is 2.38. The van der Waals surface area contributed by atoms with E-state index < -0.39 is 0 Å². The van der Waals surface area contributed by atoms with E-state index in [1.165, 1.54) is 6.92 Å². The molecule has 0 aromatic heterocycles. The molecule has 0 unspecified atom stereocenters. The van der Waals surface area contributed by atoms with Crippen molar-refractivity contribution in [2.75, 3.05) is 20.7 Å². The molecule has 0 saturated heterocycles. The molecule has 0 fully saturated rings. The van der Waals surface area contributed by atoms with Gasteiger partial charge in [-0.15, -0.1) is 0 Å². The van der Waals surface area contributed by atoms with Gasteiger partial charge >= 0.3 is 5.97 Å². The van der Waals surface area contributed by atoms with E-state index in [4.69, 9.17) is 9.47 Å². The fourth-order valence-corrected chi connectivity index (χ4v) is 3.06. The molecule has 6 heteroatoms. The predicted molar refractivity (Wildman–Crippen MR) is 93.7 cm³/mol. The van der Waals surface area contributed by atoms with Crippen molar-refractivity contribution < 1.29 is 19.1 Å². The summed E-state index contributed by atoms with van der Waals surface area (Å²) in [5, 5.41) is 3.01. The number of hydrogen-bond donors (Lipinski definition) is 1. The van der Waals surface area contributed by atoms with E-state index >= 15 is 0 Å². The lowest BCUT2D eigenvalue weighted by molar-refractivity contribution is -0.139. The van der Waals surface area contributed by atoms with E-state index in [2.05, 4.69) is 19.2 Å². The first-order chi connectivity index (χ1) is 11.3. The summed E-state index contributed by atoms with van der Waals surface area (Å²) in [5.41, 5.74) is 0.619. The van der Waals surface area contributed by atoms with Gasteiger partial charge in [0, 0.05) is 18.5 Å². The maximum atomic E-state index is 12.2. The largest absolute Gasteiger partial charge is 0.463 e. The Morgan fingerprint density at radius 1 is 1.29 bits per heavy atom. The summed E-state index contributed by atoms with van der Waals surface area (Å²) in [6.07, 6.45) is 3.87. The van der Waals surface area contributed by atoms with Crippen LogP contribution in [0.3, 0.4) is 0 Å². The number of ether oxygens (including phenoxy) is 2. The van der Waals surface area contributed by atoms with Crippen LogP contribution in [-0.4, -0.2) is 61.8 Å². The number of nitrogens with zero attached hydrogens (tertiary/aromatic N) is 1. The molecule has 1 aliphatic carbocycles. The highest BCUT2D eigenvalue weighted by Crippen LogP contribution is 2.27. The van der Waals surface area contributed by atoms with Crippen molar-refractivity contribution in [2.24, 2.45) is 0 Å². The summed E-state index contributed by atoms with van der Waals surface area (Å²) in [5.74, 6) is -0.401. The topological polar surface area (TPSA) is 67.9 Å². The molecule has 0 aromatic carbocycles. The average molecular weight is 340 g/mol. The maximum absolute atomic E-state index is 12.2. The molecule has 0 aromatic rings. The van der Waals surface area contributed by atoms with Crippen LogP contribution in [0.15, 0.2) is 11.6 Å². The summed E-state index contributed by atoms with van der Waals surface area (Å²) in [4.78, 5) is 25.9. The van der Waals surface area contributed by atoms with E-state index in [0.717, 1.165) is 12.8 Å². The molecular formula is C18H32N2O4. The molecule has 0 saturated carbocycles. The third-order valence-electron chi connectivity index (χ3n) is 4.39. The molecule has 0 radical (unpaired) electrons. The number of hydrogen-bond acceptors (Lipinski definition) is 5. The Morgan fingerprint density at radius 3 is 2.38 bits per heavy atom. The van der Waals surface area contributed by atoms with Gasteiger partial charge in [0.05, 0.1) is 24.9 Å². The van der Waals surface area contributed by atoms with Crippen LogP contribution in [0.4, 0.5) is 0 Å². The van der Waals surface area contributed by atoms with Gasteiger partial charge in [0.2, 0.25) is 5.91 Å². The first-order valence-corrected chi connectivity index (χ1v) is 8.80. The molecule has 6 nitrogen and oxygen atoms in total. The third-order valence-corrected chi connectivity index (χ3v) is 4.39. The lowest BCUT2D eigenvalue weighted by Gasteiger charge is -2.41. The first kappa shape index (κ1) is 20.6. The van der Waals surface area contributed by atoms with E-state index in [-0.39, 0.29) is 36.2 Å². The maximum Gasteiger partial charge on any atom is 0.333 e. The Balaban J connectivity index is 3.15. The highest BCUT2D eigenvalue weighted by molar-refractivity contribution is 5.89. The number of amides is 1. The molecule has 1 rings (SSSR count). The SMILES string of the molecule is CCOC(=O)C1=C[C@@H](OC(CC)CC)[C@H](NC(C)=O)[C@@H](N(C)C)C1. The minimum atomic E-state index is -0.348. The Morgan fingerprint density at radius 2 is 1.92 bits per heavy atom. The molecule has 0 bridgehead atoms. The van der Waals surface area contributed by atoms with Gasteiger partial charge in [-0.1, -0.05) is 13.8 Å². The first-order valence-electron chi connectivity index (χ1n) is 8.80. The zero-order valence-corrected chi connectivity index (χ0v) is 15.8. The standard InChI is InChI=1S/C18H32N2O4/c1-7-14(8-2)24-16-11-13(18(22)23-9-3)10-15(20(5)6)17(16)19-12(4)21/h11,14-17H,7-10H2,1-6H3,(H,19,21)/t15-,16+,17+/m0/s1. The minimum Gasteiger partial charge on any atom is -0.463 e. The summed E-state index contributed by atoms with van der Waals surface area (Å²) < 4.78 is 11.4. The summed E-state index contributed by atoms with van der Waals surface area (Å²) >= 11 is 0. The quantitative estimate of drug-likeness (QED) is 0.684. The Hall–Kier alpha value is -1.40. The van der Waals surface area contributed by atoms with Crippen molar-refractivity contribution >= 4 is 11.9 Å². The molecular weight excluding hydrogens is 308 g/mol. The van der Waals surface area contributed by atoms with Crippen molar-refractivity contribution in [1.82, 2.24) is 10.2 Å². The van der Waals surface area contributed by atoms with Crippen LogP contribution in [0, 0.1) is 0 Å². The predicted octanol–water partition coefficient (Wildman–Crippen LogP) is 1.89. The van der Waals surface area contributed by atoms with E-state index in [0.29, 0.717) is 18.6 Å². The van der Waals surface area contributed by atoms with Gasteiger partial charge in [-0.25, -0.2) is 4.79 Å². The number of esters is 1. The molecule has 138 valence electrons. The highest BCUT2D eigenvalue weighted by atomic mass is 16.5. The van der Waals surface area contributed by atoms with Crippen LogP contribution in [0.25, 0.3) is 0 Å². The lowest BCUT2D eigenvalue weighted by Crippen LogP contribution is -2.58. The molecule has 0 aliphatic heterocycles. The van der Waals surface area contributed by atoms with E-state index in [1.54, 1.807) is 6.92 Å². The van der Waals surface area contributed by atoms with Crippen molar-refractivity contribution in [2.45, 2.75) is 71.2 Å². The molecule has 0 heterocycles. The number of carbonyl (C=O) groups is 2. The fraction of sp³-hybridized carbons (Fsp3) is 0.778. The second-order valence-corrected chi connectivity index (χ2v) is 6.41. The van der Waals surface area contributed by atoms with Gasteiger partial charge < -0.3 is 19.7 Å². The van der Waals surface area contributed by atoms with Gasteiger partial charge in [0.15, 0.2) is 0 Å². The monoisotopic (exact) mass is 340 g/mol. The van der Waals surface area contributed by atoms with Crippen molar-refractivity contribution in [3.05, 3.63) is 11.6 Å². The Labute approximate surface area is 145 Å². The van der Waals surface area contributed by atoms with Gasteiger partial charge in [0.1, 0.15) is 0 Å². The third kappa shape index (κ3) is 5.60. The van der Waals surface area contributed by atoms with Crippen LogP contribution in [0.1, 0.15) is 47.0 Å². The van der Waals surface area contributed by atoms with E-state index in [1.807, 2.05) is 25.1 Å². The second-order valence-electron chi connectivity index (χ2n) is 6.41. The van der Waals surface area contributed by atoms with Gasteiger partial charge in [-0.2, -0.15) is 0 Å². The van der Waals surface area contributed by atoms with Crippen LogP contribution in [-0.2, 0) is 19.1 Å². The Bertz CT molecular complexity index is 458. The van der Waals surface area contributed by atoms with Crippen LogP contribution >= 0.6 is 0 Å². The molecule has 3 atom stereocenters. The van der Waals surface area contributed by atoms with E-state index in [9.17, 15) is 9.59 Å². The molecule has 24 heavy (non-hydrogen) atoms. The number of nitrogens with one attached hydrogen (secondary N) is 1. The van der Waals surface area contributed by atoms with Crippen molar-refractivity contribution in [3.63, 3.8) is 0 Å². The minimum absolute atomic E-state index is 0.0299. The van der Waals surface area contributed by atoms with Crippen LogP contribution in [0.2, 0.25) is 0 Å². The van der Waals surface area contributed by atoms with Crippen molar-refractivity contribution in [3.8, 4) is 0 Å². The van der Waals surface area contributed by atoms with Crippen molar-refractivity contribution in [1.29, 1.82) is 0 Å². The zero-order valence-electron chi connectivity index (χ0n) is 15.8. The molecule has 1 aliphatic rings. The summed E-state index contributed by atoms with van der Waals surface area (Å²) in [6, 6.07) is -0.228. The van der Waals surface area contributed by atoms with Gasteiger partial charge in [-0.05, 0) is 46.4 Å². The fourth-order valence-electron chi connectivity index (χ4n) is 3.06. The number of rotatable bonds is 8. The zero-order chi connectivity index (χ0) is 18.3. The number of carbonyl (C=O) groups excluding carboxylic acids is 2. The van der Waals surface area contributed by atoms with Crippen LogP contribution in [0.5, 0.6) is 0 Å². The number of likely N-dealkylation sites (N-methyl/N-ethyl adjacent to an activating group) is 1. The van der Waals surface area contributed by atoms with Crippen LogP contribution < -0.4 is 5.32 Å². The summed E-state index contributed by atoms with van der Waals surface area (Å²) in [6.45, 7) is 7.79. The molecule has 0 spiro atoms. The normalized spacial score (nSPS) is 24.0. The van der Waals surface area contributed by atoms with Gasteiger partial charge in [-0.3, -0.25) is 4.79 Å². The van der Waals surface area contributed by atoms with Gasteiger partial charge in [0.25, 0.3) is 0 Å². The molecule has 1 amide bonds. The Kier molecular flexibility index (Phi) is 8.42. The second kappa shape index (κ2) is 9.79. The molecule has 1 N–H and O–H groups in total.